The van der Waals surface area contributed by atoms with Crippen LogP contribution in [0.15, 0.2) is 41.4 Å². The minimum Gasteiger partial charge on any atom is -0.496 e. The maximum atomic E-state index is 12.3. The molecule has 0 spiro atoms. The molecule has 0 radical (unpaired) electrons. The topological polar surface area (TPSA) is 94.3 Å². The van der Waals surface area contributed by atoms with Crippen LogP contribution in [0.4, 0.5) is 5.69 Å². The summed E-state index contributed by atoms with van der Waals surface area (Å²) >= 11 is 0. The van der Waals surface area contributed by atoms with Gasteiger partial charge < -0.3 is 10.5 Å². The van der Waals surface area contributed by atoms with Crippen LogP contribution in [0, 0.1) is 6.92 Å². The third-order valence-corrected chi connectivity index (χ3v) is 4.33. The van der Waals surface area contributed by atoms with E-state index in [1.54, 1.807) is 31.4 Å². The normalized spacial score (nSPS) is 11.2. The summed E-state index contributed by atoms with van der Waals surface area (Å²) in [4.78, 5) is 4.08. The molecule has 0 bridgehead atoms. The van der Waals surface area contributed by atoms with Gasteiger partial charge in [0.1, 0.15) is 10.6 Å². The number of ether oxygens (including phenoxy) is 1. The molecule has 1 heterocycles. The summed E-state index contributed by atoms with van der Waals surface area (Å²) in [5.74, 6) is 0.701. The van der Waals surface area contributed by atoms with Gasteiger partial charge in [-0.2, -0.15) is 0 Å². The van der Waals surface area contributed by atoms with E-state index in [9.17, 15) is 8.42 Å². The summed E-state index contributed by atoms with van der Waals surface area (Å²) in [6.45, 7) is 2.11. The Kier molecular flexibility index (Phi) is 4.44. The quantitative estimate of drug-likeness (QED) is 0.876. The van der Waals surface area contributed by atoms with E-state index in [1.165, 1.54) is 12.3 Å². The Morgan fingerprint density at radius 1 is 1.29 bits per heavy atom. The lowest BCUT2D eigenvalue weighted by Crippen LogP contribution is -2.14. The fourth-order valence-corrected chi connectivity index (χ4v) is 2.84. The van der Waals surface area contributed by atoms with Gasteiger partial charge in [0.2, 0.25) is 0 Å². The minimum atomic E-state index is -3.67. The van der Waals surface area contributed by atoms with E-state index in [2.05, 4.69) is 9.71 Å². The van der Waals surface area contributed by atoms with Gasteiger partial charge in [-0.25, -0.2) is 8.42 Å². The van der Waals surface area contributed by atoms with Crippen LogP contribution >= 0.6 is 0 Å². The highest BCUT2D eigenvalue weighted by Gasteiger charge is 2.15. The number of anilines is 1. The molecule has 1 aromatic carbocycles. The van der Waals surface area contributed by atoms with Crippen molar-refractivity contribution in [2.24, 2.45) is 5.73 Å². The SMILES string of the molecule is COc1ccc(NS(=O)(=O)c2ccc(CN)nc2)cc1C. The lowest BCUT2D eigenvalue weighted by atomic mass is 10.2. The number of hydrogen-bond donors (Lipinski definition) is 2. The van der Waals surface area contributed by atoms with E-state index in [-0.39, 0.29) is 11.4 Å². The first-order valence-corrected chi connectivity index (χ1v) is 7.77. The minimum absolute atomic E-state index is 0.0909. The van der Waals surface area contributed by atoms with Crippen molar-refractivity contribution in [2.45, 2.75) is 18.4 Å². The Balaban J connectivity index is 2.26. The van der Waals surface area contributed by atoms with Crippen LogP contribution in [0.2, 0.25) is 0 Å². The summed E-state index contributed by atoms with van der Waals surface area (Å²) in [5.41, 5.74) is 7.38. The molecule has 0 aliphatic carbocycles. The van der Waals surface area contributed by atoms with Crippen LogP contribution in [0.25, 0.3) is 0 Å². The van der Waals surface area contributed by atoms with Gasteiger partial charge in [-0.3, -0.25) is 9.71 Å². The number of rotatable bonds is 5. The number of hydrogen-bond acceptors (Lipinski definition) is 5. The molecule has 7 heteroatoms. The molecule has 0 atom stereocenters. The summed E-state index contributed by atoms with van der Waals surface area (Å²) in [6, 6.07) is 8.13. The van der Waals surface area contributed by atoms with Gasteiger partial charge in [-0.15, -0.1) is 0 Å². The lowest BCUT2D eigenvalue weighted by Gasteiger charge is -2.10. The first-order chi connectivity index (χ1) is 9.96. The van der Waals surface area contributed by atoms with Crippen LogP contribution in [-0.2, 0) is 16.6 Å². The highest BCUT2D eigenvalue weighted by atomic mass is 32.2. The first kappa shape index (κ1) is 15.3. The zero-order chi connectivity index (χ0) is 15.5. The maximum Gasteiger partial charge on any atom is 0.263 e. The second-order valence-electron chi connectivity index (χ2n) is 4.48. The maximum absolute atomic E-state index is 12.3. The van der Waals surface area contributed by atoms with Crippen molar-refractivity contribution >= 4 is 15.7 Å². The molecule has 3 N–H and O–H groups in total. The molecule has 21 heavy (non-hydrogen) atoms. The number of methoxy groups -OCH3 is 1. The number of sulfonamides is 1. The molecule has 0 amide bonds. The van der Waals surface area contributed by atoms with Crippen molar-refractivity contribution in [2.75, 3.05) is 11.8 Å². The molecule has 2 rings (SSSR count). The fraction of sp³-hybridized carbons (Fsp3) is 0.214. The first-order valence-electron chi connectivity index (χ1n) is 6.28. The van der Waals surface area contributed by atoms with E-state index >= 15 is 0 Å². The van der Waals surface area contributed by atoms with Gasteiger partial charge in [-0.05, 0) is 42.8 Å². The molecule has 2 aromatic rings. The number of benzene rings is 1. The van der Waals surface area contributed by atoms with Crippen molar-refractivity contribution in [3.63, 3.8) is 0 Å². The average molecular weight is 307 g/mol. The highest BCUT2D eigenvalue weighted by molar-refractivity contribution is 7.92. The predicted molar refractivity (Wildman–Crippen MR) is 80.7 cm³/mol. The zero-order valence-electron chi connectivity index (χ0n) is 11.8. The van der Waals surface area contributed by atoms with Gasteiger partial charge in [0, 0.05) is 18.4 Å². The number of pyridine rings is 1. The number of aryl methyl sites for hydroxylation is 1. The van der Waals surface area contributed by atoms with Crippen molar-refractivity contribution in [3.05, 3.63) is 47.8 Å². The van der Waals surface area contributed by atoms with Gasteiger partial charge >= 0.3 is 0 Å². The zero-order valence-corrected chi connectivity index (χ0v) is 12.6. The molecule has 1 aromatic heterocycles. The number of nitrogens with two attached hydrogens (primary N) is 1. The summed E-state index contributed by atoms with van der Waals surface area (Å²) in [6.07, 6.45) is 1.29. The van der Waals surface area contributed by atoms with Crippen LogP contribution in [0.5, 0.6) is 5.75 Å². The van der Waals surface area contributed by atoms with E-state index in [0.29, 0.717) is 17.1 Å². The summed E-state index contributed by atoms with van der Waals surface area (Å²) in [5, 5.41) is 0. The Morgan fingerprint density at radius 2 is 2.05 bits per heavy atom. The van der Waals surface area contributed by atoms with Gasteiger partial charge in [-0.1, -0.05) is 0 Å². The number of aromatic nitrogens is 1. The standard InChI is InChI=1S/C14H17N3O3S/c1-10-7-11(4-6-14(10)20-2)17-21(18,19)13-5-3-12(8-15)16-9-13/h3-7,9,17H,8,15H2,1-2H3. The van der Waals surface area contributed by atoms with E-state index in [0.717, 1.165) is 5.56 Å². The van der Waals surface area contributed by atoms with E-state index < -0.39 is 10.0 Å². The second kappa shape index (κ2) is 6.11. The highest BCUT2D eigenvalue weighted by Crippen LogP contribution is 2.23. The van der Waals surface area contributed by atoms with Crippen LogP contribution in [0.1, 0.15) is 11.3 Å². The molecule has 0 aliphatic heterocycles. The van der Waals surface area contributed by atoms with E-state index in [4.69, 9.17) is 10.5 Å². The van der Waals surface area contributed by atoms with Crippen molar-refractivity contribution < 1.29 is 13.2 Å². The molecule has 0 aliphatic rings. The third-order valence-electron chi connectivity index (χ3n) is 2.96. The lowest BCUT2D eigenvalue weighted by molar-refractivity contribution is 0.412. The molecule has 0 fully saturated rings. The monoisotopic (exact) mass is 307 g/mol. The van der Waals surface area contributed by atoms with E-state index in [1.807, 2.05) is 6.92 Å². The van der Waals surface area contributed by atoms with Crippen molar-refractivity contribution in [1.82, 2.24) is 4.98 Å². The van der Waals surface area contributed by atoms with Gasteiger partial charge in [0.05, 0.1) is 12.8 Å². The second-order valence-corrected chi connectivity index (χ2v) is 6.16. The van der Waals surface area contributed by atoms with Crippen molar-refractivity contribution in [3.8, 4) is 5.75 Å². The molecule has 0 unspecified atom stereocenters. The fourth-order valence-electron chi connectivity index (χ4n) is 1.85. The molecular formula is C14H17N3O3S. The molecular weight excluding hydrogens is 290 g/mol. The van der Waals surface area contributed by atoms with Gasteiger partial charge in [0.15, 0.2) is 0 Å². The smallest absolute Gasteiger partial charge is 0.263 e. The molecule has 112 valence electrons. The predicted octanol–water partition coefficient (Wildman–Crippen LogP) is 1.66. The Hall–Kier alpha value is -2.12. The summed E-state index contributed by atoms with van der Waals surface area (Å²) < 4.78 is 32.2. The summed E-state index contributed by atoms with van der Waals surface area (Å²) in [7, 11) is -2.10. The molecule has 6 nitrogen and oxygen atoms in total. The third kappa shape index (κ3) is 3.50. The van der Waals surface area contributed by atoms with Crippen molar-refractivity contribution in [1.29, 1.82) is 0 Å². The number of nitrogens with one attached hydrogen (secondary N) is 1. The largest absolute Gasteiger partial charge is 0.496 e. The van der Waals surface area contributed by atoms with Crippen LogP contribution in [0.3, 0.4) is 0 Å². The Labute approximate surface area is 124 Å². The molecule has 0 saturated carbocycles. The van der Waals surface area contributed by atoms with Crippen LogP contribution in [-0.4, -0.2) is 20.5 Å². The number of nitrogens with zero attached hydrogens (tertiary/aromatic N) is 1. The molecule has 0 saturated heterocycles. The Morgan fingerprint density at radius 3 is 2.57 bits per heavy atom. The Bertz CT molecular complexity index is 728. The van der Waals surface area contributed by atoms with Crippen LogP contribution < -0.4 is 15.2 Å². The average Bonchev–Trinajstić information content (AvgIpc) is 2.47. The van der Waals surface area contributed by atoms with Gasteiger partial charge in [0.25, 0.3) is 10.0 Å².